The zero-order valence-electron chi connectivity index (χ0n) is 7.39. The highest BCUT2D eigenvalue weighted by Gasteiger charge is 2.43. The van der Waals surface area contributed by atoms with E-state index in [4.69, 9.17) is 0 Å². The molecular weight excluding hydrogens is 124 g/mol. The molecule has 3 unspecified atom stereocenters. The van der Waals surface area contributed by atoms with Gasteiger partial charge in [0, 0.05) is 0 Å². The minimum Gasteiger partial charge on any atom is -0.392 e. The van der Waals surface area contributed by atoms with E-state index in [9.17, 15) is 5.11 Å². The SMILES string of the molecule is CC1CC1C(O)C(C)(C)C. The minimum absolute atomic E-state index is 0.0788. The van der Waals surface area contributed by atoms with Crippen molar-refractivity contribution < 1.29 is 5.11 Å². The highest BCUT2D eigenvalue weighted by Crippen LogP contribution is 2.45. The summed E-state index contributed by atoms with van der Waals surface area (Å²) in [5, 5.41) is 9.70. The van der Waals surface area contributed by atoms with Crippen LogP contribution in [0.2, 0.25) is 0 Å². The molecule has 3 atom stereocenters. The van der Waals surface area contributed by atoms with Crippen molar-refractivity contribution in [2.45, 2.75) is 40.2 Å². The predicted octanol–water partition coefficient (Wildman–Crippen LogP) is 2.05. The van der Waals surface area contributed by atoms with E-state index >= 15 is 0 Å². The molecular formula is C9H18O. The lowest BCUT2D eigenvalue weighted by Crippen LogP contribution is -2.28. The van der Waals surface area contributed by atoms with E-state index in [2.05, 4.69) is 27.7 Å². The summed E-state index contributed by atoms with van der Waals surface area (Å²) in [5.74, 6) is 1.34. The molecule has 60 valence electrons. The highest BCUT2D eigenvalue weighted by atomic mass is 16.3. The van der Waals surface area contributed by atoms with Crippen molar-refractivity contribution in [1.29, 1.82) is 0 Å². The second kappa shape index (κ2) is 2.23. The Morgan fingerprint density at radius 2 is 1.80 bits per heavy atom. The van der Waals surface area contributed by atoms with Crippen molar-refractivity contribution in [1.82, 2.24) is 0 Å². The number of hydrogen-bond acceptors (Lipinski definition) is 1. The van der Waals surface area contributed by atoms with Crippen LogP contribution >= 0.6 is 0 Å². The molecule has 0 saturated heterocycles. The Morgan fingerprint density at radius 3 is 1.90 bits per heavy atom. The Balaban J connectivity index is 2.42. The summed E-state index contributed by atoms with van der Waals surface area (Å²) in [6.45, 7) is 8.51. The molecule has 0 aromatic heterocycles. The van der Waals surface area contributed by atoms with Crippen molar-refractivity contribution in [3.63, 3.8) is 0 Å². The first kappa shape index (κ1) is 8.06. The topological polar surface area (TPSA) is 20.2 Å². The van der Waals surface area contributed by atoms with Gasteiger partial charge in [0.1, 0.15) is 0 Å². The van der Waals surface area contributed by atoms with Gasteiger partial charge in [0.05, 0.1) is 6.10 Å². The zero-order chi connectivity index (χ0) is 7.94. The first-order chi connectivity index (χ1) is 4.43. The maximum absolute atomic E-state index is 9.70. The highest BCUT2D eigenvalue weighted by molar-refractivity contribution is 4.93. The first-order valence-electron chi connectivity index (χ1n) is 4.11. The van der Waals surface area contributed by atoms with Gasteiger partial charge in [-0.05, 0) is 23.7 Å². The van der Waals surface area contributed by atoms with E-state index in [-0.39, 0.29) is 11.5 Å². The molecule has 1 fully saturated rings. The normalized spacial score (nSPS) is 35.7. The van der Waals surface area contributed by atoms with Crippen LogP contribution in [0.5, 0.6) is 0 Å². The molecule has 1 rings (SSSR count). The molecule has 1 heteroatoms. The van der Waals surface area contributed by atoms with Crippen LogP contribution in [0.3, 0.4) is 0 Å². The molecule has 0 radical (unpaired) electrons. The molecule has 0 aromatic carbocycles. The second-order valence-corrected chi connectivity index (χ2v) is 4.69. The van der Waals surface area contributed by atoms with Crippen LogP contribution < -0.4 is 0 Å². The third-order valence-electron chi connectivity index (χ3n) is 2.46. The lowest BCUT2D eigenvalue weighted by atomic mass is 9.86. The molecule has 1 aliphatic rings. The molecule has 0 spiro atoms. The van der Waals surface area contributed by atoms with Crippen LogP contribution in [-0.2, 0) is 0 Å². The second-order valence-electron chi connectivity index (χ2n) is 4.69. The average molecular weight is 142 g/mol. The molecule has 0 aromatic rings. The molecule has 0 aliphatic heterocycles. The molecule has 0 bridgehead atoms. The molecule has 10 heavy (non-hydrogen) atoms. The number of aliphatic hydroxyl groups is 1. The predicted molar refractivity (Wildman–Crippen MR) is 42.7 cm³/mol. The first-order valence-corrected chi connectivity index (χ1v) is 4.11. The minimum atomic E-state index is -0.0949. The van der Waals surface area contributed by atoms with Gasteiger partial charge in [-0.25, -0.2) is 0 Å². The molecule has 1 aliphatic carbocycles. The van der Waals surface area contributed by atoms with Crippen molar-refractivity contribution >= 4 is 0 Å². The molecule has 1 saturated carbocycles. The molecule has 0 amide bonds. The quantitative estimate of drug-likeness (QED) is 0.594. The van der Waals surface area contributed by atoms with Gasteiger partial charge in [0.25, 0.3) is 0 Å². The Bertz CT molecular complexity index is 123. The van der Waals surface area contributed by atoms with Crippen LogP contribution in [0, 0.1) is 17.3 Å². The van der Waals surface area contributed by atoms with E-state index in [1.165, 1.54) is 6.42 Å². The van der Waals surface area contributed by atoms with Gasteiger partial charge >= 0.3 is 0 Å². The Labute approximate surface area is 63.4 Å². The summed E-state index contributed by atoms with van der Waals surface area (Å²) < 4.78 is 0. The van der Waals surface area contributed by atoms with Crippen LogP contribution in [0.25, 0.3) is 0 Å². The third kappa shape index (κ3) is 1.51. The maximum atomic E-state index is 9.70. The van der Waals surface area contributed by atoms with Gasteiger partial charge in [0.15, 0.2) is 0 Å². The Morgan fingerprint density at radius 1 is 1.40 bits per heavy atom. The largest absolute Gasteiger partial charge is 0.392 e. The van der Waals surface area contributed by atoms with Crippen LogP contribution in [0.15, 0.2) is 0 Å². The van der Waals surface area contributed by atoms with Gasteiger partial charge in [-0.1, -0.05) is 27.7 Å². The number of hydrogen-bond donors (Lipinski definition) is 1. The fraction of sp³-hybridized carbons (Fsp3) is 1.00. The van der Waals surface area contributed by atoms with Crippen molar-refractivity contribution in [2.75, 3.05) is 0 Å². The van der Waals surface area contributed by atoms with Gasteiger partial charge in [-0.3, -0.25) is 0 Å². The van der Waals surface area contributed by atoms with E-state index < -0.39 is 0 Å². The number of rotatable bonds is 1. The standard InChI is InChI=1S/C9H18O/c1-6-5-7(6)8(10)9(2,3)4/h6-8,10H,5H2,1-4H3. The van der Waals surface area contributed by atoms with Crippen LogP contribution in [0.1, 0.15) is 34.1 Å². The fourth-order valence-electron chi connectivity index (χ4n) is 1.43. The summed E-state index contributed by atoms with van der Waals surface area (Å²) in [6.07, 6.45) is 1.13. The van der Waals surface area contributed by atoms with E-state index in [0.29, 0.717) is 5.92 Å². The van der Waals surface area contributed by atoms with Crippen LogP contribution in [-0.4, -0.2) is 11.2 Å². The van der Waals surface area contributed by atoms with Crippen molar-refractivity contribution in [3.8, 4) is 0 Å². The summed E-state index contributed by atoms with van der Waals surface area (Å²) in [5.41, 5.74) is 0.0788. The number of aliphatic hydroxyl groups excluding tert-OH is 1. The summed E-state index contributed by atoms with van der Waals surface area (Å²) >= 11 is 0. The van der Waals surface area contributed by atoms with E-state index in [1.54, 1.807) is 0 Å². The van der Waals surface area contributed by atoms with Gasteiger partial charge in [-0.15, -0.1) is 0 Å². The van der Waals surface area contributed by atoms with E-state index in [1.807, 2.05) is 0 Å². The molecule has 1 N–H and O–H groups in total. The summed E-state index contributed by atoms with van der Waals surface area (Å²) in [6, 6.07) is 0. The third-order valence-corrected chi connectivity index (χ3v) is 2.46. The van der Waals surface area contributed by atoms with Gasteiger partial charge in [-0.2, -0.15) is 0 Å². The lowest BCUT2D eigenvalue weighted by molar-refractivity contribution is 0.0402. The van der Waals surface area contributed by atoms with Gasteiger partial charge in [0.2, 0.25) is 0 Å². The molecule has 0 heterocycles. The van der Waals surface area contributed by atoms with Crippen molar-refractivity contribution in [3.05, 3.63) is 0 Å². The van der Waals surface area contributed by atoms with E-state index in [0.717, 1.165) is 5.92 Å². The zero-order valence-corrected chi connectivity index (χ0v) is 7.39. The van der Waals surface area contributed by atoms with Crippen LogP contribution in [0.4, 0.5) is 0 Å². The summed E-state index contributed by atoms with van der Waals surface area (Å²) in [4.78, 5) is 0. The Hall–Kier alpha value is -0.0400. The fourth-order valence-corrected chi connectivity index (χ4v) is 1.43. The monoisotopic (exact) mass is 142 g/mol. The summed E-state index contributed by atoms with van der Waals surface area (Å²) in [7, 11) is 0. The average Bonchev–Trinajstić information content (AvgIpc) is 2.42. The molecule has 1 nitrogen and oxygen atoms in total. The Kier molecular flexibility index (Phi) is 1.80. The smallest absolute Gasteiger partial charge is 0.0619 e. The van der Waals surface area contributed by atoms with Gasteiger partial charge < -0.3 is 5.11 Å². The lowest BCUT2D eigenvalue weighted by Gasteiger charge is -2.25. The van der Waals surface area contributed by atoms with Crippen molar-refractivity contribution in [2.24, 2.45) is 17.3 Å². The maximum Gasteiger partial charge on any atom is 0.0619 e.